The molecule has 0 aliphatic heterocycles. The highest BCUT2D eigenvalue weighted by Crippen LogP contribution is 2.39. The van der Waals surface area contributed by atoms with Crippen LogP contribution in [-0.2, 0) is 0 Å². The van der Waals surface area contributed by atoms with Crippen LogP contribution < -0.4 is 25.3 Å². The molecule has 0 spiro atoms. The standard InChI is InChI=1S/C13H18F2N2O4.ClH/c1-19-9-6-8(12(18)17-5-3-4-16)7-10(20-2)11(9)21-13(14)15;/h6-7,13H,3-5,16H2,1-2H3,(H,17,18);1H. The lowest BCUT2D eigenvalue weighted by atomic mass is 10.1. The van der Waals surface area contributed by atoms with E-state index in [1.54, 1.807) is 0 Å². The van der Waals surface area contributed by atoms with E-state index in [9.17, 15) is 13.6 Å². The zero-order valence-corrected chi connectivity index (χ0v) is 13.0. The Labute approximate surface area is 133 Å². The first-order chi connectivity index (χ1) is 10.0. The van der Waals surface area contributed by atoms with Crippen LogP contribution in [0.4, 0.5) is 8.78 Å². The van der Waals surface area contributed by atoms with Gasteiger partial charge in [0.15, 0.2) is 11.5 Å². The van der Waals surface area contributed by atoms with Gasteiger partial charge in [-0.2, -0.15) is 8.78 Å². The van der Waals surface area contributed by atoms with E-state index >= 15 is 0 Å². The van der Waals surface area contributed by atoms with Gasteiger partial charge in [-0.1, -0.05) is 0 Å². The summed E-state index contributed by atoms with van der Waals surface area (Å²) in [5.74, 6) is -0.672. The van der Waals surface area contributed by atoms with Crippen LogP contribution in [0.1, 0.15) is 16.8 Å². The van der Waals surface area contributed by atoms with Gasteiger partial charge >= 0.3 is 6.61 Å². The first-order valence-corrected chi connectivity index (χ1v) is 6.22. The number of benzene rings is 1. The van der Waals surface area contributed by atoms with Crippen LogP contribution in [0.3, 0.4) is 0 Å². The summed E-state index contributed by atoms with van der Waals surface area (Å²) in [6, 6.07) is 2.61. The van der Waals surface area contributed by atoms with Crippen molar-refractivity contribution in [2.45, 2.75) is 13.0 Å². The molecule has 0 aliphatic rings. The Balaban J connectivity index is 0.00000441. The number of nitrogens with two attached hydrogens (primary N) is 1. The Bertz CT molecular complexity index is 464. The van der Waals surface area contributed by atoms with Crippen molar-refractivity contribution < 1.29 is 27.8 Å². The highest BCUT2D eigenvalue weighted by atomic mass is 35.5. The molecule has 0 bridgehead atoms. The molecule has 0 saturated heterocycles. The summed E-state index contributed by atoms with van der Waals surface area (Å²) in [6.07, 6.45) is 0.632. The van der Waals surface area contributed by atoms with Crippen molar-refractivity contribution in [3.05, 3.63) is 17.7 Å². The molecular weight excluding hydrogens is 322 g/mol. The van der Waals surface area contributed by atoms with Gasteiger partial charge in [0.25, 0.3) is 5.91 Å². The maximum Gasteiger partial charge on any atom is 0.387 e. The number of nitrogens with one attached hydrogen (secondary N) is 1. The predicted molar refractivity (Wildman–Crippen MR) is 79.4 cm³/mol. The summed E-state index contributed by atoms with van der Waals surface area (Å²) in [5, 5.41) is 2.64. The SMILES string of the molecule is COc1cc(C(=O)NCCCN)cc(OC)c1OC(F)F.Cl. The van der Waals surface area contributed by atoms with Crippen LogP contribution in [0, 0.1) is 0 Å². The average molecular weight is 341 g/mol. The molecule has 9 heteroatoms. The molecule has 0 aliphatic carbocycles. The maximum absolute atomic E-state index is 12.4. The minimum atomic E-state index is -3.03. The average Bonchev–Trinajstić information content (AvgIpc) is 2.46. The second-order valence-corrected chi connectivity index (χ2v) is 3.99. The molecule has 0 heterocycles. The Morgan fingerprint density at radius 2 is 1.82 bits per heavy atom. The van der Waals surface area contributed by atoms with Crippen molar-refractivity contribution in [2.75, 3.05) is 27.3 Å². The number of methoxy groups -OCH3 is 2. The summed E-state index contributed by atoms with van der Waals surface area (Å²) in [7, 11) is 2.56. The van der Waals surface area contributed by atoms with E-state index < -0.39 is 6.61 Å². The largest absolute Gasteiger partial charge is 0.493 e. The molecule has 3 N–H and O–H groups in total. The number of amides is 1. The molecule has 22 heavy (non-hydrogen) atoms. The number of alkyl halides is 2. The van der Waals surface area contributed by atoms with E-state index in [0.29, 0.717) is 19.5 Å². The van der Waals surface area contributed by atoms with Gasteiger partial charge < -0.3 is 25.3 Å². The van der Waals surface area contributed by atoms with Crippen LogP contribution in [0.25, 0.3) is 0 Å². The quantitative estimate of drug-likeness (QED) is 0.705. The van der Waals surface area contributed by atoms with Crippen LogP contribution in [0.2, 0.25) is 0 Å². The first kappa shape index (κ1) is 20.2. The molecule has 6 nitrogen and oxygen atoms in total. The molecule has 1 aromatic carbocycles. The Morgan fingerprint density at radius 1 is 1.27 bits per heavy atom. The molecule has 126 valence electrons. The van der Waals surface area contributed by atoms with Crippen LogP contribution in [0.15, 0.2) is 12.1 Å². The van der Waals surface area contributed by atoms with E-state index in [-0.39, 0.29) is 41.1 Å². The number of hydrogen-bond donors (Lipinski definition) is 2. The van der Waals surface area contributed by atoms with Gasteiger partial charge in [-0.05, 0) is 25.1 Å². The smallest absolute Gasteiger partial charge is 0.387 e. The minimum absolute atomic E-state index is 0. The Morgan fingerprint density at radius 3 is 2.23 bits per heavy atom. The number of ether oxygens (including phenoxy) is 3. The molecular formula is C13H19ClF2N2O4. The normalized spacial score (nSPS) is 9.91. The summed E-state index contributed by atoms with van der Waals surface area (Å²) < 4.78 is 39.1. The molecule has 1 rings (SSSR count). The van der Waals surface area contributed by atoms with Crippen LogP contribution in [0.5, 0.6) is 17.2 Å². The Hall–Kier alpha value is -1.80. The van der Waals surface area contributed by atoms with E-state index in [1.165, 1.54) is 26.4 Å². The number of carbonyl (C=O) groups is 1. The van der Waals surface area contributed by atoms with Gasteiger partial charge in [0.2, 0.25) is 5.75 Å². The van der Waals surface area contributed by atoms with Gasteiger partial charge in [-0.15, -0.1) is 12.4 Å². The number of rotatable bonds is 8. The maximum atomic E-state index is 12.4. The number of carbonyl (C=O) groups excluding carboxylic acids is 1. The van der Waals surface area contributed by atoms with Crippen molar-refractivity contribution in [3.8, 4) is 17.2 Å². The first-order valence-electron chi connectivity index (χ1n) is 6.22. The third kappa shape index (κ3) is 5.53. The van der Waals surface area contributed by atoms with Crippen LogP contribution in [-0.4, -0.2) is 39.8 Å². The van der Waals surface area contributed by atoms with Gasteiger partial charge in [0.05, 0.1) is 14.2 Å². The van der Waals surface area contributed by atoms with Crippen LogP contribution >= 0.6 is 12.4 Å². The molecule has 0 saturated carbocycles. The predicted octanol–water partition coefficient (Wildman–Crippen LogP) is 1.81. The highest BCUT2D eigenvalue weighted by Gasteiger charge is 2.20. The number of halogens is 3. The lowest BCUT2D eigenvalue weighted by Crippen LogP contribution is -2.26. The van der Waals surface area contributed by atoms with Crippen molar-refractivity contribution >= 4 is 18.3 Å². The van der Waals surface area contributed by atoms with Crippen molar-refractivity contribution in [1.82, 2.24) is 5.32 Å². The molecule has 0 aromatic heterocycles. The van der Waals surface area contributed by atoms with E-state index in [0.717, 1.165) is 0 Å². The zero-order chi connectivity index (χ0) is 15.8. The summed E-state index contributed by atoms with van der Waals surface area (Å²) >= 11 is 0. The molecule has 0 radical (unpaired) electrons. The van der Waals surface area contributed by atoms with Gasteiger partial charge in [0, 0.05) is 12.1 Å². The van der Waals surface area contributed by atoms with E-state index in [4.69, 9.17) is 15.2 Å². The van der Waals surface area contributed by atoms with Gasteiger partial charge in [-0.25, -0.2) is 0 Å². The zero-order valence-electron chi connectivity index (χ0n) is 12.2. The fraction of sp³-hybridized carbons (Fsp3) is 0.462. The highest BCUT2D eigenvalue weighted by molar-refractivity contribution is 5.95. The third-order valence-corrected chi connectivity index (χ3v) is 2.60. The second-order valence-electron chi connectivity index (χ2n) is 3.99. The van der Waals surface area contributed by atoms with Crippen molar-refractivity contribution in [1.29, 1.82) is 0 Å². The summed E-state index contributed by atoms with van der Waals surface area (Å²) in [6.45, 7) is -2.17. The summed E-state index contributed by atoms with van der Waals surface area (Å²) in [4.78, 5) is 11.9. The second kappa shape index (κ2) is 10.0. The minimum Gasteiger partial charge on any atom is -0.493 e. The Kier molecular flexibility index (Phi) is 9.20. The number of hydrogen-bond acceptors (Lipinski definition) is 5. The fourth-order valence-corrected chi connectivity index (χ4v) is 1.62. The van der Waals surface area contributed by atoms with Crippen molar-refractivity contribution in [2.24, 2.45) is 5.73 Å². The van der Waals surface area contributed by atoms with Gasteiger partial charge in [0.1, 0.15) is 0 Å². The third-order valence-electron chi connectivity index (χ3n) is 2.60. The van der Waals surface area contributed by atoms with Gasteiger partial charge in [-0.3, -0.25) is 4.79 Å². The summed E-state index contributed by atoms with van der Waals surface area (Å²) in [5.41, 5.74) is 5.54. The fourth-order valence-electron chi connectivity index (χ4n) is 1.62. The van der Waals surface area contributed by atoms with Crippen molar-refractivity contribution in [3.63, 3.8) is 0 Å². The lowest BCUT2D eigenvalue weighted by molar-refractivity contribution is -0.0526. The van der Waals surface area contributed by atoms with E-state index in [1.807, 2.05) is 0 Å². The molecule has 1 amide bonds. The monoisotopic (exact) mass is 340 g/mol. The van der Waals surface area contributed by atoms with E-state index in [2.05, 4.69) is 10.1 Å². The lowest BCUT2D eigenvalue weighted by Gasteiger charge is -2.15. The molecule has 1 aromatic rings. The topological polar surface area (TPSA) is 82.8 Å². The molecule has 0 fully saturated rings. The molecule has 0 unspecified atom stereocenters. The molecule has 0 atom stereocenters.